The van der Waals surface area contributed by atoms with Crippen molar-refractivity contribution in [3.63, 3.8) is 0 Å². The van der Waals surface area contributed by atoms with Gasteiger partial charge in [0.05, 0.1) is 16.8 Å². The summed E-state index contributed by atoms with van der Waals surface area (Å²) in [6.45, 7) is 3.00. The van der Waals surface area contributed by atoms with Crippen LogP contribution < -0.4 is 11.1 Å². The molecule has 21 heavy (non-hydrogen) atoms. The van der Waals surface area contributed by atoms with Gasteiger partial charge < -0.3 is 11.1 Å². The molecule has 1 saturated heterocycles. The molecule has 1 unspecified atom stereocenters. The molecular formula is C14H19ClN4OS. The Morgan fingerprint density at radius 2 is 2.29 bits per heavy atom. The molecule has 2 heterocycles. The van der Waals surface area contributed by atoms with Crippen LogP contribution >= 0.6 is 23.7 Å². The predicted molar refractivity (Wildman–Crippen MR) is 89.1 cm³/mol. The molecule has 0 spiro atoms. The van der Waals surface area contributed by atoms with Crippen LogP contribution in [0.15, 0.2) is 24.3 Å². The van der Waals surface area contributed by atoms with E-state index in [1.54, 1.807) is 0 Å². The SMILES string of the molecule is Cl.NCC1CCN(CC(=O)Nc2nc3ccccc3s2)C1. The molecule has 5 nitrogen and oxygen atoms in total. The molecule has 1 aromatic carbocycles. The summed E-state index contributed by atoms with van der Waals surface area (Å²) in [5.74, 6) is 0.534. The summed E-state index contributed by atoms with van der Waals surface area (Å²) in [4.78, 5) is 18.6. The minimum Gasteiger partial charge on any atom is -0.330 e. The zero-order valence-electron chi connectivity index (χ0n) is 11.6. The van der Waals surface area contributed by atoms with Crippen LogP contribution in [0.5, 0.6) is 0 Å². The lowest BCUT2D eigenvalue weighted by atomic mass is 10.1. The molecule has 1 fully saturated rings. The third-order valence-electron chi connectivity index (χ3n) is 3.61. The molecule has 1 amide bonds. The van der Waals surface area contributed by atoms with Gasteiger partial charge in [-0.25, -0.2) is 4.98 Å². The number of nitrogens with two attached hydrogens (primary N) is 1. The first kappa shape index (κ1) is 16.2. The fourth-order valence-corrected chi connectivity index (χ4v) is 3.42. The third kappa shape index (κ3) is 3.91. The quantitative estimate of drug-likeness (QED) is 0.900. The highest BCUT2D eigenvalue weighted by Gasteiger charge is 2.23. The number of carbonyl (C=O) groups is 1. The van der Waals surface area contributed by atoms with Gasteiger partial charge in [0.2, 0.25) is 5.91 Å². The van der Waals surface area contributed by atoms with Crippen LogP contribution in [0.25, 0.3) is 10.2 Å². The van der Waals surface area contributed by atoms with Crippen molar-refractivity contribution in [2.45, 2.75) is 6.42 Å². The van der Waals surface area contributed by atoms with Crippen molar-refractivity contribution >= 4 is 45.0 Å². The topological polar surface area (TPSA) is 71.2 Å². The summed E-state index contributed by atoms with van der Waals surface area (Å²) in [7, 11) is 0. The van der Waals surface area contributed by atoms with Gasteiger partial charge in [-0.3, -0.25) is 9.69 Å². The summed E-state index contributed by atoms with van der Waals surface area (Å²) in [5.41, 5.74) is 6.59. The lowest BCUT2D eigenvalue weighted by Gasteiger charge is -2.14. The van der Waals surface area contributed by atoms with E-state index < -0.39 is 0 Å². The number of halogens is 1. The number of carbonyl (C=O) groups excluding carboxylic acids is 1. The number of hydrogen-bond donors (Lipinski definition) is 2. The minimum atomic E-state index is 0. The maximum atomic E-state index is 12.0. The van der Waals surface area contributed by atoms with E-state index in [2.05, 4.69) is 15.2 Å². The lowest BCUT2D eigenvalue weighted by molar-refractivity contribution is -0.117. The number of para-hydroxylation sites is 1. The number of nitrogens with one attached hydrogen (secondary N) is 1. The Hall–Kier alpha value is -1.21. The Morgan fingerprint density at radius 1 is 1.48 bits per heavy atom. The van der Waals surface area contributed by atoms with Crippen LogP contribution in [0.4, 0.5) is 5.13 Å². The molecule has 114 valence electrons. The van der Waals surface area contributed by atoms with E-state index in [1.807, 2.05) is 24.3 Å². The van der Waals surface area contributed by atoms with Gasteiger partial charge in [-0.1, -0.05) is 23.5 Å². The van der Waals surface area contributed by atoms with Crippen LogP contribution in [-0.4, -0.2) is 42.0 Å². The van der Waals surface area contributed by atoms with Gasteiger partial charge >= 0.3 is 0 Å². The third-order valence-corrected chi connectivity index (χ3v) is 4.56. The Balaban J connectivity index is 0.00000161. The fraction of sp³-hybridized carbons (Fsp3) is 0.429. The first-order valence-corrected chi connectivity index (χ1v) is 7.64. The number of amides is 1. The summed E-state index contributed by atoms with van der Waals surface area (Å²) in [6, 6.07) is 7.89. The maximum Gasteiger partial charge on any atom is 0.240 e. The Morgan fingerprint density at radius 3 is 3.00 bits per heavy atom. The Bertz CT molecular complexity index is 585. The van der Waals surface area contributed by atoms with Crippen molar-refractivity contribution in [3.05, 3.63) is 24.3 Å². The molecule has 1 aliphatic rings. The summed E-state index contributed by atoms with van der Waals surface area (Å²) >= 11 is 1.51. The van der Waals surface area contributed by atoms with Crippen LogP contribution in [0.3, 0.4) is 0 Å². The second-order valence-electron chi connectivity index (χ2n) is 5.16. The number of thiazole rings is 1. The van der Waals surface area contributed by atoms with Gasteiger partial charge in [0.1, 0.15) is 0 Å². The number of likely N-dealkylation sites (tertiary alicyclic amines) is 1. The number of nitrogens with zero attached hydrogens (tertiary/aromatic N) is 2. The highest BCUT2D eigenvalue weighted by molar-refractivity contribution is 7.22. The van der Waals surface area contributed by atoms with Crippen LogP contribution in [-0.2, 0) is 4.79 Å². The summed E-state index contributed by atoms with van der Waals surface area (Å²) in [6.07, 6.45) is 1.09. The number of anilines is 1. The van der Waals surface area contributed by atoms with E-state index in [-0.39, 0.29) is 18.3 Å². The summed E-state index contributed by atoms with van der Waals surface area (Å²) in [5, 5.41) is 3.56. The van der Waals surface area contributed by atoms with E-state index in [1.165, 1.54) is 11.3 Å². The normalized spacial score (nSPS) is 18.6. The first-order valence-electron chi connectivity index (χ1n) is 6.82. The largest absolute Gasteiger partial charge is 0.330 e. The average molecular weight is 327 g/mol. The molecule has 1 aliphatic heterocycles. The molecule has 0 saturated carbocycles. The average Bonchev–Trinajstić information content (AvgIpc) is 3.04. The highest BCUT2D eigenvalue weighted by Crippen LogP contribution is 2.25. The van der Waals surface area contributed by atoms with E-state index in [4.69, 9.17) is 5.73 Å². The number of rotatable bonds is 4. The monoisotopic (exact) mass is 326 g/mol. The molecule has 0 aliphatic carbocycles. The fourth-order valence-electron chi connectivity index (χ4n) is 2.54. The second kappa shape index (κ2) is 7.17. The second-order valence-corrected chi connectivity index (χ2v) is 6.19. The number of aromatic nitrogens is 1. The van der Waals surface area contributed by atoms with Crippen molar-refractivity contribution in [1.29, 1.82) is 0 Å². The van der Waals surface area contributed by atoms with Gasteiger partial charge in [-0.2, -0.15) is 0 Å². The molecule has 2 aromatic rings. The molecule has 0 radical (unpaired) electrons. The van der Waals surface area contributed by atoms with Gasteiger partial charge in [-0.15, -0.1) is 12.4 Å². The van der Waals surface area contributed by atoms with Gasteiger partial charge in [0.15, 0.2) is 5.13 Å². The van der Waals surface area contributed by atoms with Crippen molar-refractivity contribution in [1.82, 2.24) is 9.88 Å². The van der Waals surface area contributed by atoms with Crippen molar-refractivity contribution in [3.8, 4) is 0 Å². The zero-order chi connectivity index (χ0) is 13.9. The molecule has 0 bridgehead atoms. The van der Waals surface area contributed by atoms with E-state index in [0.717, 1.165) is 29.7 Å². The van der Waals surface area contributed by atoms with Crippen LogP contribution in [0.2, 0.25) is 0 Å². The molecular weight excluding hydrogens is 308 g/mol. The Labute approximate surface area is 133 Å². The van der Waals surface area contributed by atoms with E-state index in [9.17, 15) is 4.79 Å². The first-order chi connectivity index (χ1) is 9.74. The zero-order valence-corrected chi connectivity index (χ0v) is 13.3. The minimum absolute atomic E-state index is 0. The van der Waals surface area contributed by atoms with Crippen LogP contribution in [0, 0.1) is 5.92 Å². The van der Waals surface area contributed by atoms with E-state index in [0.29, 0.717) is 24.1 Å². The number of hydrogen-bond acceptors (Lipinski definition) is 5. The van der Waals surface area contributed by atoms with Gasteiger partial charge in [-0.05, 0) is 37.6 Å². The lowest BCUT2D eigenvalue weighted by Crippen LogP contribution is -2.32. The molecule has 1 aromatic heterocycles. The van der Waals surface area contributed by atoms with E-state index >= 15 is 0 Å². The predicted octanol–water partition coefficient (Wildman–Crippen LogP) is 1.94. The number of benzene rings is 1. The molecule has 3 N–H and O–H groups in total. The standard InChI is InChI=1S/C14H18N4OS.ClH/c15-7-10-5-6-18(8-10)9-13(19)17-14-16-11-3-1-2-4-12(11)20-14;/h1-4,10H,5-9,15H2,(H,16,17,19);1H. The van der Waals surface area contributed by atoms with Gasteiger partial charge in [0.25, 0.3) is 0 Å². The molecule has 7 heteroatoms. The molecule has 1 atom stereocenters. The Kier molecular flexibility index (Phi) is 5.52. The smallest absolute Gasteiger partial charge is 0.240 e. The highest BCUT2D eigenvalue weighted by atomic mass is 35.5. The summed E-state index contributed by atoms with van der Waals surface area (Å²) < 4.78 is 1.09. The molecule has 3 rings (SSSR count). The van der Waals surface area contributed by atoms with Crippen LogP contribution in [0.1, 0.15) is 6.42 Å². The van der Waals surface area contributed by atoms with Crippen molar-refractivity contribution in [2.75, 3.05) is 31.5 Å². The number of fused-ring (bicyclic) bond motifs is 1. The van der Waals surface area contributed by atoms with Gasteiger partial charge in [0, 0.05) is 6.54 Å². The maximum absolute atomic E-state index is 12.0. The van der Waals surface area contributed by atoms with Crippen molar-refractivity contribution < 1.29 is 4.79 Å². The van der Waals surface area contributed by atoms with Crippen molar-refractivity contribution in [2.24, 2.45) is 11.7 Å².